The highest BCUT2D eigenvalue weighted by Crippen LogP contribution is 2.31. The van der Waals surface area contributed by atoms with Crippen LogP contribution in [0.15, 0.2) is 47.4 Å². The van der Waals surface area contributed by atoms with Crippen molar-refractivity contribution in [1.82, 2.24) is 5.43 Å². The molecular formula is C14H14ClN3OS. The second-order valence-corrected chi connectivity index (χ2v) is 5.58. The Morgan fingerprint density at radius 3 is 2.75 bits per heavy atom. The van der Waals surface area contributed by atoms with Crippen LogP contribution in [0.3, 0.4) is 0 Å². The molecule has 0 radical (unpaired) electrons. The summed E-state index contributed by atoms with van der Waals surface area (Å²) in [7, 11) is 0. The fraction of sp³-hybridized carbons (Fsp3) is 0.0714. The van der Waals surface area contributed by atoms with E-state index in [1.54, 1.807) is 30.0 Å². The summed E-state index contributed by atoms with van der Waals surface area (Å²) < 4.78 is 0. The number of nitrogens with two attached hydrogens (primary N) is 2. The molecule has 0 saturated heterocycles. The first-order valence-corrected chi connectivity index (χ1v) is 7.24. The van der Waals surface area contributed by atoms with Gasteiger partial charge in [0.2, 0.25) is 0 Å². The normalized spacial score (nSPS) is 10.3. The molecule has 4 nitrogen and oxygen atoms in total. The number of nitrogen functional groups attached to an aromatic ring is 2. The van der Waals surface area contributed by atoms with Gasteiger partial charge in [0, 0.05) is 21.9 Å². The quantitative estimate of drug-likeness (QED) is 0.267. The summed E-state index contributed by atoms with van der Waals surface area (Å²) in [5.41, 5.74) is 9.96. The molecule has 0 spiro atoms. The lowest BCUT2D eigenvalue weighted by atomic mass is 10.1. The van der Waals surface area contributed by atoms with Gasteiger partial charge in [0.05, 0.1) is 5.02 Å². The first-order valence-electron chi connectivity index (χ1n) is 5.88. The zero-order valence-corrected chi connectivity index (χ0v) is 12.2. The summed E-state index contributed by atoms with van der Waals surface area (Å²) in [6.07, 6.45) is 0. The number of halogens is 1. The summed E-state index contributed by atoms with van der Waals surface area (Å²) in [5, 5.41) is 0.630. The zero-order chi connectivity index (χ0) is 14.5. The van der Waals surface area contributed by atoms with E-state index in [0.717, 1.165) is 10.5 Å². The maximum Gasteiger partial charge on any atom is 0.265 e. The Morgan fingerprint density at radius 1 is 1.25 bits per heavy atom. The minimum absolute atomic E-state index is 0.303. The van der Waals surface area contributed by atoms with Crippen LogP contribution in [0.4, 0.5) is 5.69 Å². The second kappa shape index (κ2) is 6.65. The molecule has 2 aromatic rings. The molecule has 5 N–H and O–H groups in total. The summed E-state index contributed by atoms with van der Waals surface area (Å²) >= 11 is 7.70. The Kier molecular flexibility index (Phi) is 4.89. The van der Waals surface area contributed by atoms with E-state index in [-0.39, 0.29) is 5.91 Å². The number of benzene rings is 2. The molecule has 104 valence electrons. The number of hydrogen-bond acceptors (Lipinski definition) is 4. The second-order valence-electron chi connectivity index (χ2n) is 4.15. The molecule has 0 atom stereocenters. The molecule has 1 amide bonds. The number of nitrogens with one attached hydrogen (secondary N) is 1. The minimum atomic E-state index is -0.303. The largest absolute Gasteiger partial charge is 0.399 e. The van der Waals surface area contributed by atoms with E-state index in [4.69, 9.17) is 23.2 Å². The van der Waals surface area contributed by atoms with Crippen molar-refractivity contribution in [3.63, 3.8) is 0 Å². The Bertz CT molecular complexity index is 634. The molecule has 2 aromatic carbocycles. The molecule has 6 heteroatoms. The van der Waals surface area contributed by atoms with Gasteiger partial charge in [-0.1, -0.05) is 23.7 Å². The van der Waals surface area contributed by atoms with E-state index in [2.05, 4.69) is 5.43 Å². The lowest BCUT2D eigenvalue weighted by Crippen LogP contribution is -2.29. The number of rotatable bonds is 4. The van der Waals surface area contributed by atoms with Crippen LogP contribution >= 0.6 is 23.4 Å². The van der Waals surface area contributed by atoms with Gasteiger partial charge in [0.1, 0.15) is 0 Å². The van der Waals surface area contributed by atoms with Crippen molar-refractivity contribution in [1.29, 1.82) is 0 Å². The molecule has 20 heavy (non-hydrogen) atoms. The lowest BCUT2D eigenvalue weighted by molar-refractivity contribution is 0.0953. The van der Waals surface area contributed by atoms with Gasteiger partial charge < -0.3 is 5.73 Å². The number of thioether (sulfide) groups is 1. The van der Waals surface area contributed by atoms with Crippen molar-refractivity contribution in [3.05, 3.63) is 58.6 Å². The van der Waals surface area contributed by atoms with Crippen LogP contribution in [0.2, 0.25) is 5.02 Å². The number of hydrazine groups is 1. The van der Waals surface area contributed by atoms with Crippen LogP contribution in [0, 0.1) is 0 Å². The smallest absolute Gasteiger partial charge is 0.265 e. The van der Waals surface area contributed by atoms with Crippen LogP contribution in [0.5, 0.6) is 0 Å². The molecule has 0 fully saturated rings. The Balaban J connectivity index is 2.09. The average Bonchev–Trinajstić information content (AvgIpc) is 2.46. The van der Waals surface area contributed by atoms with E-state index < -0.39 is 0 Å². The fourth-order valence-electron chi connectivity index (χ4n) is 1.68. The molecule has 0 aliphatic rings. The predicted octanol–water partition coefficient (Wildman–Crippen LogP) is 2.82. The zero-order valence-electron chi connectivity index (χ0n) is 10.6. The molecule has 2 rings (SSSR count). The summed E-state index contributed by atoms with van der Waals surface area (Å²) in [5.74, 6) is 5.52. The first kappa shape index (κ1) is 14.7. The van der Waals surface area contributed by atoms with Crippen LogP contribution in [-0.2, 0) is 5.75 Å². The topological polar surface area (TPSA) is 81.1 Å². The van der Waals surface area contributed by atoms with Gasteiger partial charge in [-0.25, -0.2) is 5.84 Å². The first-order chi connectivity index (χ1) is 9.60. The van der Waals surface area contributed by atoms with Gasteiger partial charge in [-0.05, 0) is 35.9 Å². The van der Waals surface area contributed by atoms with Gasteiger partial charge >= 0.3 is 0 Å². The third kappa shape index (κ3) is 3.66. The van der Waals surface area contributed by atoms with Crippen molar-refractivity contribution >= 4 is 35.0 Å². The number of hydrogen-bond donors (Lipinski definition) is 3. The van der Waals surface area contributed by atoms with Crippen LogP contribution in [0.1, 0.15) is 15.9 Å². The van der Waals surface area contributed by atoms with E-state index >= 15 is 0 Å². The molecule has 0 aliphatic carbocycles. The Morgan fingerprint density at radius 2 is 2.05 bits per heavy atom. The highest BCUT2D eigenvalue weighted by molar-refractivity contribution is 7.98. The molecule has 0 aliphatic heterocycles. The minimum Gasteiger partial charge on any atom is -0.399 e. The highest BCUT2D eigenvalue weighted by Gasteiger charge is 2.06. The Hall–Kier alpha value is -1.69. The van der Waals surface area contributed by atoms with Gasteiger partial charge in [0.15, 0.2) is 0 Å². The molecule has 0 aromatic heterocycles. The summed E-state index contributed by atoms with van der Waals surface area (Å²) in [6.45, 7) is 0. The maximum atomic E-state index is 11.5. The van der Waals surface area contributed by atoms with Crippen LogP contribution in [0.25, 0.3) is 0 Å². The monoisotopic (exact) mass is 307 g/mol. The van der Waals surface area contributed by atoms with Crippen molar-refractivity contribution in [2.75, 3.05) is 5.73 Å². The standard InChI is InChI=1S/C14H14ClN3OS/c15-12-7-11(16)4-5-13(12)20-8-9-2-1-3-10(6-9)14(19)18-17/h1-7H,8,16-17H2,(H,18,19). The predicted molar refractivity (Wildman–Crippen MR) is 83.5 cm³/mol. The van der Waals surface area contributed by atoms with Crippen LogP contribution < -0.4 is 17.0 Å². The molecule has 0 unspecified atom stereocenters. The van der Waals surface area contributed by atoms with E-state index in [1.165, 1.54) is 0 Å². The van der Waals surface area contributed by atoms with E-state index in [1.807, 2.05) is 24.3 Å². The SMILES string of the molecule is NNC(=O)c1cccc(CSc2ccc(N)cc2Cl)c1. The summed E-state index contributed by atoms with van der Waals surface area (Å²) in [6, 6.07) is 12.7. The summed E-state index contributed by atoms with van der Waals surface area (Å²) in [4.78, 5) is 12.4. The molecular weight excluding hydrogens is 294 g/mol. The molecule has 0 heterocycles. The van der Waals surface area contributed by atoms with Crippen molar-refractivity contribution in [3.8, 4) is 0 Å². The van der Waals surface area contributed by atoms with Crippen LogP contribution in [-0.4, -0.2) is 5.91 Å². The number of carbonyl (C=O) groups is 1. The Labute approximate surface area is 126 Å². The lowest BCUT2D eigenvalue weighted by Gasteiger charge is -2.06. The number of amides is 1. The van der Waals surface area contributed by atoms with E-state index in [9.17, 15) is 4.79 Å². The number of anilines is 1. The number of carbonyl (C=O) groups excluding carboxylic acids is 1. The highest BCUT2D eigenvalue weighted by atomic mass is 35.5. The van der Waals surface area contributed by atoms with Crippen molar-refractivity contribution < 1.29 is 4.79 Å². The third-order valence-corrected chi connectivity index (χ3v) is 4.24. The van der Waals surface area contributed by atoms with Gasteiger partial charge in [-0.2, -0.15) is 0 Å². The molecule has 0 bridgehead atoms. The molecule has 0 saturated carbocycles. The van der Waals surface area contributed by atoms with Gasteiger partial charge in [-0.15, -0.1) is 11.8 Å². The van der Waals surface area contributed by atoms with Crippen molar-refractivity contribution in [2.24, 2.45) is 5.84 Å². The van der Waals surface area contributed by atoms with E-state index in [0.29, 0.717) is 22.0 Å². The van der Waals surface area contributed by atoms with Gasteiger partial charge in [0.25, 0.3) is 5.91 Å². The maximum absolute atomic E-state index is 11.5. The third-order valence-electron chi connectivity index (χ3n) is 2.67. The van der Waals surface area contributed by atoms with Gasteiger partial charge in [-0.3, -0.25) is 10.2 Å². The average molecular weight is 308 g/mol. The fourth-order valence-corrected chi connectivity index (χ4v) is 2.90. The van der Waals surface area contributed by atoms with Crippen molar-refractivity contribution in [2.45, 2.75) is 10.6 Å².